The Morgan fingerprint density at radius 2 is 1.77 bits per heavy atom. The number of aromatic nitrogens is 5. The first-order valence-corrected chi connectivity index (χ1v) is 12.1. The van der Waals surface area contributed by atoms with Gasteiger partial charge >= 0.3 is 0 Å². The molecule has 0 bridgehead atoms. The lowest BCUT2D eigenvalue weighted by Gasteiger charge is -2.23. The maximum absolute atomic E-state index is 13.3. The van der Waals surface area contributed by atoms with E-state index >= 15 is 0 Å². The molecule has 13 heteroatoms. The van der Waals surface area contributed by atoms with Gasteiger partial charge in [0.1, 0.15) is 34.1 Å². The van der Waals surface area contributed by atoms with Gasteiger partial charge < -0.3 is 23.9 Å². The molecule has 3 unspecified atom stereocenters. The second kappa shape index (κ2) is 12.6. The van der Waals surface area contributed by atoms with Crippen LogP contribution in [0.4, 0.5) is 10.3 Å². The highest BCUT2D eigenvalue weighted by Gasteiger charge is 2.31. The third kappa shape index (κ3) is 6.36. The molecule has 35 heavy (non-hydrogen) atoms. The largest absolute Gasteiger partial charge is 0.593 e. The molecule has 0 aliphatic rings. The molecule has 190 valence electrons. The minimum absolute atomic E-state index is 0.0906. The molecule has 11 nitrogen and oxygen atoms in total. The third-order valence-electron chi connectivity index (χ3n) is 5.34. The van der Waals surface area contributed by atoms with Gasteiger partial charge in [0.15, 0.2) is 5.82 Å². The lowest BCUT2D eigenvalue weighted by atomic mass is 10.1. The Morgan fingerprint density at radius 3 is 2.37 bits per heavy atom. The summed E-state index contributed by atoms with van der Waals surface area (Å²) in [5.41, 5.74) is 0.529. The van der Waals surface area contributed by atoms with Gasteiger partial charge in [-0.15, -0.1) is 10.2 Å². The molecular weight excluding hydrogens is 479 g/mol. The molecule has 3 aromatic rings. The van der Waals surface area contributed by atoms with Gasteiger partial charge in [-0.2, -0.15) is 4.72 Å². The maximum Gasteiger partial charge on any atom is 0.271 e. The van der Waals surface area contributed by atoms with E-state index in [2.05, 4.69) is 24.9 Å². The summed E-state index contributed by atoms with van der Waals surface area (Å²) < 4.78 is 47.6. The van der Waals surface area contributed by atoms with Crippen LogP contribution in [0.2, 0.25) is 0 Å². The molecule has 0 radical (unpaired) electrons. The minimum Gasteiger partial charge on any atom is -0.593 e. The van der Waals surface area contributed by atoms with Crippen LogP contribution in [0.3, 0.4) is 0 Å². The smallest absolute Gasteiger partial charge is 0.271 e. The molecule has 0 aliphatic heterocycles. The SMILES string of the molecule is COc1cccc(OC)c1-n1c(CCOCCO)nnc1N[S+]([O-])C(C)C(C)c1ncc(F)cn1. The Labute approximate surface area is 206 Å². The van der Waals surface area contributed by atoms with E-state index in [1.54, 1.807) is 29.7 Å². The van der Waals surface area contributed by atoms with E-state index in [4.69, 9.17) is 19.3 Å². The van der Waals surface area contributed by atoms with Crippen LogP contribution in [-0.4, -0.2) is 73.7 Å². The van der Waals surface area contributed by atoms with Crippen molar-refractivity contribution in [3.63, 3.8) is 0 Å². The molecule has 0 aliphatic carbocycles. The van der Waals surface area contributed by atoms with Crippen molar-refractivity contribution in [1.82, 2.24) is 24.7 Å². The number of ether oxygens (including phenoxy) is 3. The van der Waals surface area contributed by atoms with Crippen molar-refractivity contribution in [2.75, 3.05) is 38.8 Å². The van der Waals surface area contributed by atoms with Crippen molar-refractivity contribution in [2.24, 2.45) is 0 Å². The Bertz CT molecular complexity index is 1060. The fourth-order valence-electron chi connectivity index (χ4n) is 3.30. The summed E-state index contributed by atoms with van der Waals surface area (Å²) in [6.45, 7) is 3.98. The summed E-state index contributed by atoms with van der Waals surface area (Å²) in [5, 5.41) is 17.0. The predicted molar refractivity (Wildman–Crippen MR) is 128 cm³/mol. The number of hydrogen-bond donors (Lipinski definition) is 2. The van der Waals surface area contributed by atoms with Crippen LogP contribution in [0, 0.1) is 5.82 Å². The summed E-state index contributed by atoms with van der Waals surface area (Å²) in [6.07, 6.45) is 2.52. The van der Waals surface area contributed by atoms with Crippen LogP contribution in [0.15, 0.2) is 30.6 Å². The Balaban J connectivity index is 1.93. The average Bonchev–Trinajstić information content (AvgIpc) is 3.27. The molecule has 3 rings (SSSR count). The fraction of sp³-hybridized carbons (Fsp3) is 0.455. The van der Waals surface area contributed by atoms with E-state index < -0.39 is 22.4 Å². The molecular formula is C22H29FN6O5S. The molecule has 0 fully saturated rings. The Kier molecular flexibility index (Phi) is 9.60. The van der Waals surface area contributed by atoms with Crippen molar-refractivity contribution in [2.45, 2.75) is 31.4 Å². The van der Waals surface area contributed by atoms with Crippen molar-refractivity contribution < 1.29 is 28.3 Å². The van der Waals surface area contributed by atoms with Crippen LogP contribution < -0.4 is 14.2 Å². The van der Waals surface area contributed by atoms with Crippen LogP contribution >= 0.6 is 0 Å². The van der Waals surface area contributed by atoms with E-state index in [1.807, 2.05) is 6.92 Å². The van der Waals surface area contributed by atoms with Crippen LogP contribution in [-0.2, 0) is 22.5 Å². The zero-order valence-corrected chi connectivity index (χ0v) is 20.8. The summed E-state index contributed by atoms with van der Waals surface area (Å²) in [4.78, 5) is 8.01. The number of nitrogens with one attached hydrogen (secondary N) is 1. The number of benzene rings is 1. The van der Waals surface area contributed by atoms with Gasteiger partial charge in [-0.1, -0.05) is 13.0 Å². The van der Waals surface area contributed by atoms with Crippen molar-refractivity contribution in [1.29, 1.82) is 0 Å². The van der Waals surface area contributed by atoms with E-state index in [0.29, 0.717) is 35.3 Å². The van der Waals surface area contributed by atoms with Gasteiger partial charge in [-0.25, -0.2) is 14.4 Å². The summed E-state index contributed by atoms with van der Waals surface area (Å²) in [6, 6.07) is 5.32. The molecule has 2 aromatic heterocycles. The zero-order chi connectivity index (χ0) is 25.4. The maximum atomic E-state index is 13.3. The number of nitrogens with zero attached hydrogens (tertiary/aromatic N) is 5. The normalized spacial score (nSPS) is 13.8. The molecule has 2 N–H and O–H groups in total. The Hall–Kier alpha value is -3.00. The molecule has 0 amide bonds. The summed E-state index contributed by atoms with van der Waals surface area (Å²) in [7, 11) is 3.06. The second-order valence-corrected chi connectivity index (χ2v) is 9.07. The highest BCUT2D eigenvalue weighted by Crippen LogP contribution is 2.35. The highest BCUT2D eigenvalue weighted by atomic mass is 32.2. The van der Waals surface area contributed by atoms with E-state index in [0.717, 1.165) is 12.4 Å². The minimum atomic E-state index is -1.64. The van der Waals surface area contributed by atoms with Gasteiger partial charge in [0.2, 0.25) is 0 Å². The number of rotatable bonds is 13. The summed E-state index contributed by atoms with van der Waals surface area (Å²) in [5.74, 6) is 1.21. The number of methoxy groups -OCH3 is 2. The van der Waals surface area contributed by atoms with E-state index in [1.165, 1.54) is 14.2 Å². The zero-order valence-electron chi connectivity index (χ0n) is 20.0. The number of aliphatic hydroxyl groups is 1. The van der Waals surface area contributed by atoms with Gasteiger partial charge in [-0.05, 0) is 19.1 Å². The monoisotopic (exact) mass is 508 g/mol. The van der Waals surface area contributed by atoms with Crippen LogP contribution in [0.25, 0.3) is 5.69 Å². The van der Waals surface area contributed by atoms with Crippen LogP contribution in [0.5, 0.6) is 11.5 Å². The standard InChI is InChI=1S/C22H29FN6O5S/c1-14(21-24-12-16(23)13-25-21)15(2)35(31)28-22-27-26-19(8-10-34-11-9-30)29(22)20-17(32-3)6-5-7-18(20)33-4/h5-7,12-15,30H,8-11H2,1-4H3,(H,27,28). The molecule has 3 atom stereocenters. The number of hydrogen-bond acceptors (Lipinski definition) is 10. The van der Waals surface area contributed by atoms with E-state index in [-0.39, 0.29) is 31.7 Å². The van der Waals surface area contributed by atoms with Gasteiger partial charge in [0.05, 0.1) is 63.7 Å². The molecule has 1 aromatic carbocycles. The number of aliphatic hydroxyl groups excluding tert-OH is 1. The lowest BCUT2D eigenvalue weighted by Crippen LogP contribution is -2.31. The number of halogens is 1. The molecule has 2 heterocycles. The second-order valence-electron chi connectivity index (χ2n) is 7.53. The predicted octanol–water partition coefficient (Wildman–Crippen LogP) is 2.03. The fourth-order valence-corrected chi connectivity index (χ4v) is 4.29. The lowest BCUT2D eigenvalue weighted by molar-refractivity contribution is 0.0934. The summed E-state index contributed by atoms with van der Waals surface area (Å²) >= 11 is -1.64. The number of para-hydroxylation sites is 1. The number of anilines is 1. The average molecular weight is 509 g/mol. The quantitative estimate of drug-likeness (QED) is 0.260. The first-order valence-electron chi connectivity index (χ1n) is 10.9. The molecule has 0 saturated carbocycles. The molecule has 0 spiro atoms. The third-order valence-corrected chi connectivity index (χ3v) is 6.81. The topological polar surface area (TPSA) is 140 Å². The van der Waals surface area contributed by atoms with Gasteiger partial charge in [-0.3, -0.25) is 4.57 Å². The van der Waals surface area contributed by atoms with Gasteiger partial charge in [0.25, 0.3) is 5.95 Å². The Morgan fingerprint density at radius 1 is 1.11 bits per heavy atom. The molecule has 0 saturated heterocycles. The first kappa shape index (κ1) is 26.6. The van der Waals surface area contributed by atoms with Gasteiger partial charge in [0, 0.05) is 6.42 Å². The van der Waals surface area contributed by atoms with Crippen molar-refractivity contribution in [3.8, 4) is 17.2 Å². The van der Waals surface area contributed by atoms with Crippen molar-refractivity contribution in [3.05, 3.63) is 48.1 Å². The van der Waals surface area contributed by atoms with Crippen molar-refractivity contribution >= 4 is 17.3 Å². The van der Waals surface area contributed by atoms with Crippen LogP contribution in [0.1, 0.15) is 31.4 Å². The highest BCUT2D eigenvalue weighted by molar-refractivity contribution is 7.93. The van der Waals surface area contributed by atoms with E-state index in [9.17, 15) is 8.94 Å². The first-order chi connectivity index (χ1) is 16.9.